The van der Waals surface area contributed by atoms with Gasteiger partial charge in [0, 0.05) is 17.7 Å². The van der Waals surface area contributed by atoms with Crippen LogP contribution in [0.5, 0.6) is 5.75 Å². The fourth-order valence-corrected chi connectivity index (χ4v) is 2.56. The highest BCUT2D eigenvalue weighted by Crippen LogP contribution is 2.20. The molecular formula is C22H27NO3. The minimum absolute atomic E-state index is 0.0168. The van der Waals surface area contributed by atoms with E-state index in [9.17, 15) is 9.59 Å². The molecule has 0 aromatic heterocycles. The van der Waals surface area contributed by atoms with E-state index in [1.54, 1.807) is 24.3 Å². The summed E-state index contributed by atoms with van der Waals surface area (Å²) in [5.74, 6) is 1.25. The zero-order valence-corrected chi connectivity index (χ0v) is 15.7. The fourth-order valence-electron chi connectivity index (χ4n) is 2.56. The van der Waals surface area contributed by atoms with E-state index in [0.717, 1.165) is 12.1 Å². The number of rotatable bonds is 9. The van der Waals surface area contributed by atoms with E-state index < -0.39 is 0 Å². The van der Waals surface area contributed by atoms with Crippen molar-refractivity contribution in [1.82, 2.24) is 0 Å². The minimum Gasteiger partial charge on any atom is -0.494 e. The summed E-state index contributed by atoms with van der Waals surface area (Å²) in [6.07, 6.45) is 2.13. The van der Waals surface area contributed by atoms with E-state index in [2.05, 4.69) is 31.3 Å². The molecule has 4 nitrogen and oxygen atoms in total. The number of carbonyl (C=O) groups is 2. The highest BCUT2D eigenvalue weighted by Gasteiger charge is 2.06. The summed E-state index contributed by atoms with van der Waals surface area (Å²) in [5.41, 5.74) is 2.77. The molecule has 0 aliphatic carbocycles. The average Bonchev–Trinajstić information content (AvgIpc) is 2.65. The first kappa shape index (κ1) is 19.7. The summed E-state index contributed by atoms with van der Waals surface area (Å²) in [6.45, 7) is 6.35. The molecule has 0 unspecified atom stereocenters. The van der Waals surface area contributed by atoms with Gasteiger partial charge >= 0.3 is 0 Å². The number of anilines is 1. The van der Waals surface area contributed by atoms with Gasteiger partial charge in [0.1, 0.15) is 5.75 Å². The summed E-state index contributed by atoms with van der Waals surface area (Å²) in [6, 6.07) is 15.1. The van der Waals surface area contributed by atoms with Crippen molar-refractivity contribution in [3.8, 4) is 5.75 Å². The molecule has 0 radical (unpaired) electrons. The molecule has 2 rings (SSSR count). The molecule has 0 aliphatic heterocycles. The highest BCUT2D eigenvalue weighted by molar-refractivity contribution is 5.94. The standard InChI is InChI=1S/C22H27NO3/c1-4-16(2)18-7-11-20(12-8-18)23-22(25)6-5-15-26-21-13-9-19(10-14-21)17(3)24/h7-14,16H,4-6,15H2,1-3H3,(H,23,25)/t16-/m0/s1. The van der Waals surface area contributed by atoms with E-state index in [4.69, 9.17) is 4.74 Å². The van der Waals surface area contributed by atoms with Crippen molar-refractivity contribution in [3.63, 3.8) is 0 Å². The number of carbonyl (C=O) groups excluding carboxylic acids is 2. The van der Waals surface area contributed by atoms with Crippen molar-refractivity contribution in [2.45, 2.75) is 46.0 Å². The number of nitrogens with one attached hydrogen (secondary N) is 1. The zero-order valence-electron chi connectivity index (χ0n) is 15.7. The van der Waals surface area contributed by atoms with Gasteiger partial charge in [-0.25, -0.2) is 0 Å². The van der Waals surface area contributed by atoms with Crippen molar-refractivity contribution in [3.05, 3.63) is 59.7 Å². The third kappa shape index (κ3) is 6.03. The van der Waals surface area contributed by atoms with E-state index in [1.807, 2.05) is 12.1 Å². The molecule has 0 heterocycles. The second-order valence-electron chi connectivity index (χ2n) is 6.51. The first-order valence-corrected chi connectivity index (χ1v) is 9.13. The molecule has 0 spiro atoms. The molecule has 0 aliphatic rings. The van der Waals surface area contributed by atoms with E-state index in [0.29, 0.717) is 36.7 Å². The second kappa shape index (κ2) is 9.76. The number of amides is 1. The Bertz CT molecular complexity index is 720. The quantitative estimate of drug-likeness (QED) is 0.498. The van der Waals surface area contributed by atoms with Crippen LogP contribution in [0, 0.1) is 0 Å². The molecular weight excluding hydrogens is 326 g/mol. The molecule has 0 bridgehead atoms. The van der Waals surface area contributed by atoms with Gasteiger partial charge in [-0.15, -0.1) is 0 Å². The van der Waals surface area contributed by atoms with Gasteiger partial charge in [-0.2, -0.15) is 0 Å². The van der Waals surface area contributed by atoms with Gasteiger partial charge in [-0.1, -0.05) is 26.0 Å². The minimum atomic E-state index is -0.0168. The van der Waals surface area contributed by atoms with Crippen molar-refractivity contribution in [2.75, 3.05) is 11.9 Å². The van der Waals surface area contributed by atoms with Gasteiger partial charge in [0.05, 0.1) is 6.61 Å². The van der Waals surface area contributed by atoms with Crippen LogP contribution in [0.3, 0.4) is 0 Å². The van der Waals surface area contributed by atoms with E-state index >= 15 is 0 Å². The molecule has 2 aromatic carbocycles. The van der Waals surface area contributed by atoms with Crippen LogP contribution in [0.1, 0.15) is 61.9 Å². The van der Waals surface area contributed by atoms with Crippen LogP contribution >= 0.6 is 0 Å². The van der Waals surface area contributed by atoms with Crippen LogP contribution in [0.4, 0.5) is 5.69 Å². The second-order valence-corrected chi connectivity index (χ2v) is 6.51. The number of benzene rings is 2. The van der Waals surface area contributed by atoms with Gasteiger partial charge in [-0.3, -0.25) is 9.59 Å². The lowest BCUT2D eigenvalue weighted by Crippen LogP contribution is -2.12. The fraction of sp³-hybridized carbons (Fsp3) is 0.364. The number of ether oxygens (including phenoxy) is 1. The molecule has 2 aromatic rings. The van der Waals surface area contributed by atoms with Gasteiger partial charge in [-0.05, 0) is 67.6 Å². The highest BCUT2D eigenvalue weighted by atomic mass is 16.5. The Kier molecular flexibility index (Phi) is 7.39. The van der Waals surface area contributed by atoms with Crippen molar-refractivity contribution in [2.24, 2.45) is 0 Å². The zero-order chi connectivity index (χ0) is 18.9. The number of ketones is 1. The smallest absolute Gasteiger partial charge is 0.224 e. The number of hydrogen-bond donors (Lipinski definition) is 1. The van der Waals surface area contributed by atoms with Crippen molar-refractivity contribution >= 4 is 17.4 Å². The van der Waals surface area contributed by atoms with Crippen molar-refractivity contribution in [1.29, 1.82) is 0 Å². The van der Waals surface area contributed by atoms with Crippen LogP contribution < -0.4 is 10.1 Å². The molecule has 1 atom stereocenters. The maximum Gasteiger partial charge on any atom is 0.224 e. The Balaban J connectivity index is 1.71. The molecule has 0 saturated heterocycles. The molecule has 0 saturated carbocycles. The molecule has 26 heavy (non-hydrogen) atoms. The maximum absolute atomic E-state index is 12.0. The Morgan fingerprint density at radius 3 is 2.27 bits per heavy atom. The molecule has 138 valence electrons. The third-order valence-corrected chi connectivity index (χ3v) is 4.45. The van der Waals surface area contributed by atoms with Crippen LogP contribution in [-0.2, 0) is 4.79 Å². The van der Waals surface area contributed by atoms with E-state index in [1.165, 1.54) is 12.5 Å². The Morgan fingerprint density at radius 1 is 1.04 bits per heavy atom. The summed E-state index contributed by atoms with van der Waals surface area (Å²) < 4.78 is 5.60. The Labute approximate surface area is 155 Å². The molecule has 0 fully saturated rings. The van der Waals surface area contributed by atoms with E-state index in [-0.39, 0.29) is 11.7 Å². The summed E-state index contributed by atoms with van der Waals surface area (Å²) in [5, 5.41) is 2.91. The normalized spacial score (nSPS) is 11.7. The van der Waals surface area contributed by atoms with Gasteiger partial charge in [0.25, 0.3) is 0 Å². The predicted octanol–water partition coefficient (Wildman–Crippen LogP) is 5.20. The van der Waals surface area contributed by atoms with Crippen LogP contribution in [-0.4, -0.2) is 18.3 Å². The molecule has 1 N–H and O–H groups in total. The predicted molar refractivity (Wildman–Crippen MR) is 105 cm³/mol. The van der Waals surface area contributed by atoms with Crippen LogP contribution in [0.15, 0.2) is 48.5 Å². The summed E-state index contributed by atoms with van der Waals surface area (Å²) >= 11 is 0. The largest absolute Gasteiger partial charge is 0.494 e. The SMILES string of the molecule is CC[C@H](C)c1ccc(NC(=O)CCCOc2ccc(C(C)=O)cc2)cc1. The lowest BCUT2D eigenvalue weighted by atomic mass is 9.99. The van der Waals surface area contributed by atoms with Gasteiger partial charge in [0.2, 0.25) is 5.91 Å². The van der Waals surface area contributed by atoms with Crippen LogP contribution in [0.2, 0.25) is 0 Å². The van der Waals surface area contributed by atoms with Crippen molar-refractivity contribution < 1.29 is 14.3 Å². The topological polar surface area (TPSA) is 55.4 Å². The lowest BCUT2D eigenvalue weighted by Gasteiger charge is -2.11. The number of Topliss-reactive ketones (excluding diaryl/α,β-unsaturated/α-hetero) is 1. The average molecular weight is 353 g/mol. The number of hydrogen-bond acceptors (Lipinski definition) is 3. The van der Waals surface area contributed by atoms with Gasteiger partial charge < -0.3 is 10.1 Å². The summed E-state index contributed by atoms with van der Waals surface area (Å²) in [4.78, 5) is 23.2. The third-order valence-electron chi connectivity index (χ3n) is 4.45. The molecule has 1 amide bonds. The van der Waals surface area contributed by atoms with Crippen LogP contribution in [0.25, 0.3) is 0 Å². The first-order valence-electron chi connectivity index (χ1n) is 9.13. The Morgan fingerprint density at radius 2 is 1.69 bits per heavy atom. The first-order chi connectivity index (χ1) is 12.5. The summed E-state index contributed by atoms with van der Waals surface area (Å²) in [7, 11) is 0. The maximum atomic E-state index is 12.0. The monoisotopic (exact) mass is 353 g/mol. The molecule has 4 heteroatoms. The Hall–Kier alpha value is -2.62. The lowest BCUT2D eigenvalue weighted by molar-refractivity contribution is -0.116. The van der Waals surface area contributed by atoms with Gasteiger partial charge in [0.15, 0.2) is 5.78 Å².